The van der Waals surface area contributed by atoms with Gasteiger partial charge in [-0.15, -0.1) is 17.5 Å². The average molecular weight is 391 g/mol. The lowest BCUT2D eigenvalue weighted by Crippen LogP contribution is -2.52. The van der Waals surface area contributed by atoms with Crippen LogP contribution in [0.3, 0.4) is 0 Å². The number of rotatable bonds is 3. The number of halogens is 4. The summed E-state index contributed by atoms with van der Waals surface area (Å²) in [5.41, 5.74) is 5.95. The molecule has 2 aromatic rings. The summed E-state index contributed by atoms with van der Waals surface area (Å²) in [6, 6.07) is 4.96. The molecule has 0 bridgehead atoms. The normalized spacial score (nSPS) is 20.6. The van der Waals surface area contributed by atoms with E-state index in [-0.39, 0.29) is 23.9 Å². The maximum Gasteiger partial charge on any atom is 0.416 e. The van der Waals surface area contributed by atoms with Crippen molar-refractivity contribution in [3.05, 3.63) is 35.7 Å². The van der Waals surface area contributed by atoms with Crippen molar-refractivity contribution in [3.63, 3.8) is 0 Å². The highest BCUT2D eigenvalue weighted by Gasteiger charge is 2.34. The van der Waals surface area contributed by atoms with Crippen LogP contribution in [0.5, 0.6) is 0 Å². The molecule has 6 nitrogen and oxygen atoms in total. The van der Waals surface area contributed by atoms with Crippen LogP contribution in [0.2, 0.25) is 0 Å². The van der Waals surface area contributed by atoms with E-state index in [1.54, 1.807) is 0 Å². The molecule has 2 N–H and O–H groups in total. The smallest absolute Gasteiger partial charge is 0.327 e. The fourth-order valence-corrected chi connectivity index (χ4v) is 3.12. The van der Waals surface area contributed by atoms with Gasteiger partial charge in [-0.25, -0.2) is 0 Å². The number of alkyl halides is 3. The molecule has 1 fully saturated rings. The van der Waals surface area contributed by atoms with Gasteiger partial charge in [-0.1, -0.05) is 13.8 Å². The Hall–Kier alpha value is -1.71. The van der Waals surface area contributed by atoms with Crippen LogP contribution in [0.15, 0.2) is 24.3 Å². The predicted molar refractivity (Wildman–Crippen MR) is 93.1 cm³/mol. The third kappa shape index (κ3) is 4.33. The zero-order chi connectivity index (χ0) is 18.2. The van der Waals surface area contributed by atoms with Crippen molar-refractivity contribution in [3.8, 4) is 5.69 Å². The Morgan fingerprint density at radius 3 is 2.46 bits per heavy atom. The van der Waals surface area contributed by atoms with E-state index in [0.717, 1.165) is 31.6 Å². The molecular weight excluding hydrogens is 369 g/mol. The summed E-state index contributed by atoms with van der Waals surface area (Å²) in [6.45, 7) is 6.42. The van der Waals surface area contributed by atoms with Crippen molar-refractivity contribution < 1.29 is 13.2 Å². The van der Waals surface area contributed by atoms with Gasteiger partial charge in [0, 0.05) is 19.1 Å². The van der Waals surface area contributed by atoms with Crippen LogP contribution >= 0.6 is 12.4 Å². The Morgan fingerprint density at radius 1 is 1.23 bits per heavy atom. The highest BCUT2D eigenvalue weighted by molar-refractivity contribution is 5.85. The summed E-state index contributed by atoms with van der Waals surface area (Å²) >= 11 is 0. The Labute approximate surface area is 156 Å². The topological polar surface area (TPSA) is 72.9 Å². The van der Waals surface area contributed by atoms with Crippen LogP contribution in [0.4, 0.5) is 13.2 Å². The molecule has 1 aliphatic heterocycles. The minimum atomic E-state index is -4.36. The summed E-state index contributed by atoms with van der Waals surface area (Å²) in [5, 5.41) is 11.6. The predicted octanol–water partition coefficient (Wildman–Crippen LogP) is 2.66. The van der Waals surface area contributed by atoms with E-state index in [2.05, 4.69) is 34.3 Å². The van der Waals surface area contributed by atoms with E-state index in [9.17, 15) is 13.2 Å². The van der Waals surface area contributed by atoms with Crippen molar-refractivity contribution in [2.45, 2.75) is 39.0 Å². The van der Waals surface area contributed by atoms with Crippen LogP contribution in [0.25, 0.3) is 5.69 Å². The highest BCUT2D eigenvalue weighted by Crippen LogP contribution is 2.30. The van der Waals surface area contributed by atoms with Gasteiger partial charge in [0.05, 0.1) is 17.8 Å². The lowest BCUT2D eigenvalue weighted by molar-refractivity contribution is -0.137. The molecular formula is C16H22ClF3N6. The molecule has 1 aromatic carbocycles. The van der Waals surface area contributed by atoms with Gasteiger partial charge in [0.1, 0.15) is 0 Å². The van der Waals surface area contributed by atoms with Crippen LogP contribution in [-0.4, -0.2) is 44.2 Å². The fraction of sp³-hybridized carbons (Fsp3) is 0.562. The van der Waals surface area contributed by atoms with Gasteiger partial charge in [0.25, 0.3) is 0 Å². The highest BCUT2D eigenvalue weighted by atomic mass is 35.5. The summed E-state index contributed by atoms with van der Waals surface area (Å²) in [6.07, 6.45) is -3.48. The molecule has 1 atom stereocenters. The molecule has 1 saturated heterocycles. The number of aromatic nitrogens is 4. The maximum atomic E-state index is 12.7. The van der Waals surface area contributed by atoms with Crippen molar-refractivity contribution in [1.29, 1.82) is 0 Å². The second kappa shape index (κ2) is 7.50. The lowest BCUT2D eigenvalue weighted by Gasteiger charge is -2.42. The molecule has 26 heavy (non-hydrogen) atoms. The van der Waals surface area contributed by atoms with Crippen molar-refractivity contribution in [1.82, 2.24) is 25.1 Å². The van der Waals surface area contributed by atoms with Crippen molar-refractivity contribution >= 4 is 12.4 Å². The lowest BCUT2D eigenvalue weighted by atomic mass is 9.80. The van der Waals surface area contributed by atoms with E-state index in [1.165, 1.54) is 16.8 Å². The second-order valence-electron chi connectivity index (χ2n) is 7.15. The summed E-state index contributed by atoms with van der Waals surface area (Å²) < 4.78 is 39.5. The first-order chi connectivity index (χ1) is 11.7. The molecule has 0 radical (unpaired) electrons. The Morgan fingerprint density at radius 2 is 1.88 bits per heavy atom. The molecule has 0 spiro atoms. The molecule has 0 saturated carbocycles. The van der Waals surface area contributed by atoms with Gasteiger partial charge < -0.3 is 5.73 Å². The van der Waals surface area contributed by atoms with Crippen LogP contribution in [-0.2, 0) is 12.7 Å². The second-order valence-corrected chi connectivity index (χ2v) is 7.15. The number of nitrogens with zero attached hydrogens (tertiary/aromatic N) is 5. The zero-order valence-corrected chi connectivity index (χ0v) is 15.4. The van der Waals surface area contributed by atoms with E-state index in [1.807, 2.05) is 0 Å². The quantitative estimate of drug-likeness (QED) is 0.872. The minimum Gasteiger partial charge on any atom is -0.327 e. The Balaban J connectivity index is 0.00000243. The number of hydrogen-bond donors (Lipinski definition) is 1. The molecule has 0 amide bonds. The van der Waals surface area contributed by atoms with Gasteiger partial charge >= 0.3 is 6.18 Å². The number of likely N-dealkylation sites (tertiary alicyclic amines) is 1. The van der Waals surface area contributed by atoms with Crippen molar-refractivity contribution in [2.24, 2.45) is 11.1 Å². The molecule has 3 rings (SSSR count). The third-order valence-corrected chi connectivity index (χ3v) is 4.73. The van der Waals surface area contributed by atoms with Crippen LogP contribution in [0, 0.1) is 5.41 Å². The van der Waals surface area contributed by atoms with Crippen LogP contribution in [0.1, 0.15) is 31.7 Å². The molecule has 1 aromatic heterocycles. The Bertz CT molecular complexity index is 728. The van der Waals surface area contributed by atoms with Gasteiger partial charge in [0.15, 0.2) is 5.82 Å². The first kappa shape index (κ1) is 20.6. The number of piperidine rings is 1. The Kier molecular flexibility index (Phi) is 5.94. The molecule has 1 unspecified atom stereocenters. The van der Waals surface area contributed by atoms with Gasteiger partial charge in [-0.2, -0.15) is 17.9 Å². The SMILES string of the molecule is CC1(C)CN(Cc2nnnn2-c2ccc(C(F)(F)F)cc2)CCC1N.Cl. The first-order valence-electron chi connectivity index (χ1n) is 8.10. The number of benzene rings is 1. The number of hydrogen-bond acceptors (Lipinski definition) is 5. The van der Waals surface area contributed by atoms with E-state index < -0.39 is 11.7 Å². The average Bonchev–Trinajstić information content (AvgIpc) is 2.98. The summed E-state index contributed by atoms with van der Waals surface area (Å²) in [4.78, 5) is 2.22. The van der Waals surface area contributed by atoms with Gasteiger partial charge in [-0.3, -0.25) is 4.90 Å². The minimum absolute atomic E-state index is 0. The molecule has 2 heterocycles. The summed E-state index contributed by atoms with van der Waals surface area (Å²) in [5.74, 6) is 0.589. The molecule has 1 aliphatic rings. The third-order valence-electron chi connectivity index (χ3n) is 4.73. The maximum absolute atomic E-state index is 12.7. The van der Waals surface area contributed by atoms with E-state index in [0.29, 0.717) is 18.1 Å². The molecule has 10 heteroatoms. The van der Waals surface area contributed by atoms with Gasteiger partial charge in [0.2, 0.25) is 0 Å². The van der Waals surface area contributed by atoms with E-state index in [4.69, 9.17) is 5.73 Å². The zero-order valence-electron chi connectivity index (χ0n) is 14.6. The summed E-state index contributed by atoms with van der Waals surface area (Å²) in [7, 11) is 0. The standard InChI is InChI=1S/C16H21F3N6.ClH/c1-15(2)10-24(8-7-13(15)20)9-14-21-22-23-25(14)12-5-3-11(4-6-12)16(17,18)19;/h3-6,13H,7-10,20H2,1-2H3;1H. The number of tetrazole rings is 1. The van der Waals surface area contributed by atoms with Crippen molar-refractivity contribution in [2.75, 3.05) is 13.1 Å². The first-order valence-corrected chi connectivity index (χ1v) is 8.10. The number of nitrogens with two attached hydrogens (primary N) is 1. The fourth-order valence-electron chi connectivity index (χ4n) is 3.12. The molecule has 144 valence electrons. The monoisotopic (exact) mass is 390 g/mol. The van der Waals surface area contributed by atoms with Gasteiger partial charge in [-0.05, 0) is 46.5 Å². The molecule has 0 aliphatic carbocycles. The van der Waals surface area contributed by atoms with E-state index >= 15 is 0 Å². The van der Waals surface area contributed by atoms with Crippen LogP contribution < -0.4 is 5.73 Å². The largest absolute Gasteiger partial charge is 0.416 e.